The standard InChI is InChI=1S/C11H20N2/c1-9-5-10(6-12)8-13(7-9)11(2,3)4/h9-10H,5,7-8H2,1-4H3. The highest BCUT2D eigenvalue weighted by molar-refractivity contribution is 4.93. The monoisotopic (exact) mass is 180 g/mol. The van der Waals surface area contributed by atoms with Gasteiger partial charge in [-0.3, -0.25) is 4.90 Å². The minimum Gasteiger partial charge on any atom is -0.297 e. The molecule has 1 aliphatic rings. The third kappa shape index (κ3) is 2.70. The molecule has 1 rings (SSSR count). The maximum absolute atomic E-state index is 8.92. The van der Waals surface area contributed by atoms with Crippen LogP contribution in [0.3, 0.4) is 0 Å². The van der Waals surface area contributed by atoms with Gasteiger partial charge in [0.25, 0.3) is 0 Å². The van der Waals surface area contributed by atoms with Crippen LogP contribution in [-0.4, -0.2) is 23.5 Å². The van der Waals surface area contributed by atoms with Gasteiger partial charge in [-0.15, -0.1) is 0 Å². The van der Waals surface area contributed by atoms with Crippen molar-refractivity contribution in [2.45, 2.75) is 39.7 Å². The van der Waals surface area contributed by atoms with Gasteiger partial charge in [0.15, 0.2) is 0 Å². The second-order valence-electron chi connectivity index (χ2n) is 5.24. The summed E-state index contributed by atoms with van der Waals surface area (Å²) in [6, 6.07) is 2.39. The van der Waals surface area contributed by atoms with E-state index < -0.39 is 0 Å². The average molecular weight is 180 g/mol. The number of rotatable bonds is 0. The van der Waals surface area contributed by atoms with Crippen molar-refractivity contribution in [3.63, 3.8) is 0 Å². The van der Waals surface area contributed by atoms with Crippen molar-refractivity contribution in [1.29, 1.82) is 5.26 Å². The SMILES string of the molecule is CC1CC(C#N)CN(C(C)(C)C)C1. The highest BCUT2D eigenvalue weighted by atomic mass is 15.2. The summed E-state index contributed by atoms with van der Waals surface area (Å²) >= 11 is 0. The van der Waals surface area contributed by atoms with Crippen LogP contribution in [0.15, 0.2) is 0 Å². The maximum Gasteiger partial charge on any atom is 0.0669 e. The second-order valence-corrected chi connectivity index (χ2v) is 5.24. The Morgan fingerprint density at radius 2 is 1.92 bits per heavy atom. The summed E-state index contributed by atoms with van der Waals surface area (Å²) in [5, 5.41) is 8.92. The molecule has 1 heterocycles. The van der Waals surface area contributed by atoms with E-state index in [0.717, 1.165) is 19.5 Å². The summed E-state index contributed by atoms with van der Waals surface area (Å²) in [6.45, 7) is 11.0. The third-order valence-electron chi connectivity index (χ3n) is 2.79. The van der Waals surface area contributed by atoms with Gasteiger partial charge in [0.2, 0.25) is 0 Å². The Bertz CT molecular complexity index is 209. The van der Waals surface area contributed by atoms with E-state index in [1.165, 1.54) is 0 Å². The molecule has 0 radical (unpaired) electrons. The first-order valence-corrected chi connectivity index (χ1v) is 5.08. The summed E-state index contributed by atoms with van der Waals surface area (Å²) in [5.74, 6) is 0.903. The number of hydrogen-bond donors (Lipinski definition) is 0. The minimum atomic E-state index is 0.212. The molecule has 0 aliphatic carbocycles. The van der Waals surface area contributed by atoms with Crippen LogP contribution in [-0.2, 0) is 0 Å². The number of hydrogen-bond acceptors (Lipinski definition) is 2. The summed E-state index contributed by atoms with van der Waals surface area (Å²) in [4.78, 5) is 2.43. The van der Waals surface area contributed by atoms with Gasteiger partial charge < -0.3 is 0 Å². The van der Waals surface area contributed by atoms with Gasteiger partial charge in [-0.25, -0.2) is 0 Å². The molecule has 0 aromatic heterocycles. The molecule has 0 saturated carbocycles. The highest BCUT2D eigenvalue weighted by Crippen LogP contribution is 2.26. The zero-order valence-corrected chi connectivity index (χ0v) is 9.17. The Kier molecular flexibility index (Phi) is 2.98. The zero-order chi connectivity index (χ0) is 10.1. The third-order valence-corrected chi connectivity index (χ3v) is 2.79. The highest BCUT2D eigenvalue weighted by Gasteiger charge is 2.30. The first-order chi connectivity index (χ1) is 5.93. The van der Waals surface area contributed by atoms with Crippen LogP contribution in [0.1, 0.15) is 34.1 Å². The number of nitriles is 1. The van der Waals surface area contributed by atoms with E-state index in [2.05, 4.69) is 38.7 Å². The molecular weight excluding hydrogens is 160 g/mol. The summed E-state index contributed by atoms with van der Waals surface area (Å²) in [5.41, 5.74) is 0.212. The van der Waals surface area contributed by atoms with E-state index in [4.69, 9.17) is 5.26 Å². The fraction of sp³-hybridized carbons (Fsp3) is 0.909. The first-order valence-electron chi connectivity index (χ1n) is 5.08. The van der Waals surface area contributed by atoms with Crippen LogP contribution in [0.5, 0.6) is 0 Å². The largest absolute Gasteiger partial charge is 0.297 e. The lowest BCUT2D eigenvalue weighted by molar-refractivity contribution is 0.0662. The average Bonchev–Trinajstić information content (AvgIpc) is 2.01. The van der Waals surface area contributed by atoms with Gasteiger partial charge in [-0.1, -0.05) is 6.92 Å². The van der Waals surface area contributed by atoms with Crippen molar-refractivity contribution in [3.8, 4) is 6.07 Å². The Labute approximate surface area is 81.5 Å². The molecule has 0 spiro atoms. The molecule has 2 unspecified atom stereocenters. The normalized spacial score (nSPS) is 31.3. The lowest BCUT2D eigenvalue weighted by Gasteiger charge is -2.42. The molecule has 2 nitrogen and oxygen atoms in total. The Morgan fingerprint density at radius 1 is 1.31 bits per heavy atom. The van der Waals surface area contributed by atoms with Gasteiger partial charge in [0.05, 0.1) is 12.0 Å². The molecule has 2 heteroatoms. The lowest BCUT2D eigenvalue weighted by Crippen LogP contribution is -2.49. The van der Waals surface area contributed by atoms with Gasteiger partial charge >= 0.3 is 0 Å². The Hall–Kier alpha value is -0.550. The second kappa shape index (κ2) is 3.67. The fourth-order valence-electron chi connectivity index (χ4n) is 1.99. The lowest BCUT2D eigenvalue weighted by atomic mass is 9.88. The molecular formula is C11H20N2. The molecule has 13 heavy (non-hydrogen) atoms. The molecule has 74 valence electrons. The predicted molar refractivity (Wildman–Crippen MR) is 54.2 cm³/mol. The van der Waals surface area contributed by atoms with E-state index >= 15 is 0 Å². The smallest absolute Gasteiger partial charge is 0.0669 e. The topological polar surface area (TPSA) is 27.0 Å². The molecule has 0 aromatic carbocycles. The molecule has 0 bridgehead atoms. The summed E-state index contributed by atoms with van der Waals surface area (Å²) in [7, 11) is 0. The minimum absolute atomic E-state index is 0.212. The van der Waals surface area contributed by atoms with E-state index in [-0.39, 0.29) is 11.5 Å². The van der Waals surface area contributed by atoms with Crippen LogP contribution in [0, 0.1) is 23.2 Å². The van der Waals surface area contributed by atoms with Crippen molar-refractivity contribution in [3.05, 3.63) is 0 Å². The van der Waals surface area contributed by atoms with Gasteiger partial charge in [0, 0.05) is 18.6 Å². The van der Waals surface area contributed by atoms with Crippen molar-refractivity contribution < 1.29 is 0 Å². The first kappa shape index (κ1) is 10.5. The van der Waals surface area contributed by atoms with E-state index in [1.54, 1.807) is 0 Å². The number of likely N-dealkylation sites (tertiary alicyclic amines) is 1. The molecule has 0 N–H and O–H groups in total. The molecule has 1 fully saturated rings. The summed E-state index contributed by atoms with van der Waals surface area (Å²) in [6.07, 6.45) is 1.07. The summed E-state index contributed by atoms with van der Waals surface area (Å²) < 4.78 is 0. The van der Waals surface area contributed by atoms with E-state index in [1.807, 2.05) is 0 Å². The fourth-order valence-corrected chi connectivity index (χ4v) is 1.99. The maximum atomic E-state index is 8.92. The van der Waals surface area contributed by atoms with Crippen LogP contribution in [0.4, 0.5) is 0 Å². The Balaban J connectivity index is 2.64. The van der Waals surface area contributed by atoms with Crippen LogP contribution < -0.4 is 0 Å². The van der Waals surface area contributed by atoms with Gasteiger partial charge in [-0.05, 0) is 33.1 Å². The molecule has 2 atom stereocenters. The van der Waals surface area contributed by atoms with Crippen molar-refractivity contribution in [2.75, 3.05) is 13.1 Å². The Morgan fingerprint density at radius 3 is 2.38 bits per heavy atom. The van der Waals surface area contributed by atoms with Crippen LogP contribution in [0.25, 0.3) is 0 Å². The van der Waals surface area contributed by atoms with E-state index in [9.17, 15) is 0 Å². The van der Waals surface area contributed by atoms with Crippen molar-refractivity contribution in [1.82, 2.24) is 4.90 Å². The van der Waals surface area contributed by atoms with Gasteiger partial charge in [0.1, 0.15) is 0 Å². The van der Waals surface area contributed by atoms with Crippen molar-refractivity contribution >= 4 is 0 Å². The molecule has 0 aromatic rings. The van der Waals surface area contributed by atoms with Gasteiger partial charge in [-0.2, -0.15) is 5.26 Å². The quantitative estimate of drug-likeness (QED) is 0.572. The predicted octanol–water partition coefficient (Wildman–Crippen LogP) is 2.27. The molecule has 0 amide bonds. The van der Waals surface area contributed by atoms with Crippen LogP contribution >= 0.6 is 0 Å². The van der Waals surface area contributed by atoms with Crippen LogP contribution in [0.2, 0.25) is 0 Å². The zero-order valence-electron chi connectivity index (χ0n) is 9.17. The number of piperidine rings is 1. The molecule has 1 saturated heterocycles. The molecule has 1 aliphatic heterocycles. The van der Waals surface area contributed by atoms with Crippen molar-refractivity contribution in [2.24, 2.45) is 11.8 Å². The number of nitrogens with zero attached hydrogens (tertiary/aromatic N) is 2. The van der Waals surface area contributed by atoms with E-state index in [0.29, 0.717) is 5.92 Å².